The van der Waals surface area contributed by atoms with Gasteiger partial charge >= 0.3 is 0 Å². The van der Waals surface area contributed by atoms with Crippen LogP contribution in [0.3, 0.4) is 0 Å². The normalized spacial score (nSPS) is 12.6. The third-order valence-corrected chi connectivity index (χ3v) is 5.09. The summed E-state index contributed by atoms with van der Waals surface area (Å²) in [5.41, 5.74) is 7.42. The van der Waals surface area contributed by atoms with E-state index in [2.05, 4.69) is 81.1 Å². The lowest BCUT2D eigenvalue weighted by Crippen LogP contribution is -2.31. The molecule has 0 unspecified atom stereocenters. The largest absolute Gasteiger partial charge is 0.295 e. The fraction of sp³-hybridized carbons (Fsp3) is 0.0476. The quantitative estimate of drug-likeness (QED) is 0.425. The second-order valence-corrected chi connectivity index (χ2v) is 6.45. The lowest BCUT2D eigenvalue weighted by Gasteiger charge is -2.01. The average molecular weight is 323 g/mol. The number of para-hydroxylation sites is 1. The molecule has 0 N–H and O–H groups in total. The molecule has 25 heavy (non-hydrogen) atoms. The van der Waals surface area contributed by atoms with E-state index in [1.165, 1.54) is 33.7 Å². The first-order valence-electron chi connectivity index (χ1n) is 8.46. The molecule has 0 radical (unpaired) electrons. The van der Waals surface area contributed by atoms with Crippen LogP contribution in [-0.2, 0) is 6.54 Å². The van der Waals surface area contributed by atoms with Crippen LogP contribution in [0.5, 0.6) is 0 Å². The molecule has 2 aromatic carbocycles. The van der Waals surface area contributed by atoms with Crippen molar-refractivity contribution in [3.8, 4) is 17.1 Å². The van der Waals surface area contributed by atoms with Gasteiger partial charge < -0.3 is 0 Å². The maximum atomic E-state index is 4.49. The van der Waals surface area contributed by atoms with Gasteiger partial charge in [-0.1, -0.05) is 36.4 Å². The summed E-state index contributed by atoms with van der Waals surface area (Å²) in [5.74, 6) is 1.25. The van der Waals surface area contributed by atoms with E-state index < -0.39 is 0 Å². The van der Waals surface area contributed by atoms with Gasteiger partial charge in [0.05, 0.1) is 11.8 Å². The van der Waals surface area contributed by atoms with Crippen molar-refractivity contribution in [2.24, 2.45) is 0 Å². The Morgan fingerprint density at radius 3 is 2.60 bits per heavy atom. The van der Waals surface area contributed by atoms with E-state index >= 15 is 0 Å². The summed E-state index contributed by atoms with van der Waals surface area (Å²) in [6.07, 6.45) is 3.96. The minimum atomic E-state index is 0.899. The molecule has 1 aliphatic rings. The van der Waals surface area contributed by atoms with Crippen LogP contribution >= 0.6 is 0 Å². The number of benzene rings is 2. The highest BCUT2D eigenvalue weighted by Crippen LogP contribution is 2.35. The first-order valence-corrected chi connectivity index (χ1v) is 8.46. The summed E-state index contributed by atoms with van der Waals surface area (Å²) >= 11 is 0. The molecule has 0 saturated heterocycles. The van der Waals surface area contributed by atoms with E-state index in [4.69, 9.17) is 0 Å². The van der Waals surface area contributed by atoms with Crippen molar-refractivity contribution in [2.45, 2.75) is 6.54 Å². The zero-order chi connectivity index (χ0) is 16.4. The smallest absolute Gasteiger partial charge is 0.232 e. The minimum absolute atomic E-state index is 0.899. The molecule has 4 heterocycles. The van der Waals surface area contributed by atoms with Crippen LogP contribution in [0.25, 0.3) is 33.6 Å². The molecule has 4 nitrogen and oxygen atoms in total. The fourth-order valence-electron chi connectivity index (χ4n) is 4.07. The maximum absolute atomic E-state index is 4.49. The number of imidazole rings is 1. The summed E-state index contributed by atoms with van der Waals surface area (Å²) in [6.45, 7) is 0.899. The molecule has 6 rings (SSSR count). The van der Waals surface area contributed by atoms with Gasteiger partial charge in [-0.15, -0.1) is 0 Å². The second kappa shape index (κ2) is 4.57. The highest BCUT2D eigenvalue weighted by Gasteiger charge is 2.36. The van der Waals surface area contributed by atoms with E-state index in [0.717, 1.165) is 12.1 Å². The summed E-state index contributed by atoms with van der Waals surface area (Å²) in [6, 6.07) is 23.4. The first-order chi connectivity index (χ1) is 12.4. The molecule has 0 saturated carbocycles. The molecule has 0 aliphatic carbocycles. The van der Waals surface area contributed by atoms with Gasteiger partial charge in [-0.25, -0.2) is 9.08 Å². The van der Waals surface area contributed by atoms with Gasteiger partial charge in [0, 0.05) is 11.8 Å². The monoisotopic (exact) mass is 323 g/mol. The average Bonchev–Trinajstić information content (AvgIpc) is 3.29. The molecule has 0 atom stereocenters. The van der Waals surface area contributed by atoms with Gasteiger partial charge in [-0.05, 0) is 30.3 Å². The molecule has 0 bridgehead atoms. The van der Waals surface area contributed by atoms with Crippen LogP contribution in [0.2, 0.25) is 0 Å². The van der Waals surface area contributed by atoms with Crippen LogP contribution < -0.4 is 4.57 Å². The Morgan fingerprint density at radius 1 is 0.840 bits per heavy atom. The van der Waals surface area contributed by atoms with Crippen molar-refractivity contribution in [2.75, 3.05) is 0 Å². The summed E-state index contributed by atoms with van der Waals surface area (Å²) in [4.78, 5) is 0. The van der Waals surface area contributed by atoms with Gasteiger partial charge in [0.2, 0.25) is 11.0 Å². The van der Waals surface area contributed by atoms with E-state index in [1.807, 2.05) is 16.8 Å². The maximum Gasteiger partial charge on any atom is 0.295 e. The van der Waals surface area contributed by atoms with E-state index in [9.17, 15) is 0 Å². The van der Waals surface area contributed by atoms with Crippen molar-refractivity contribution in [3.05, 3.63) is 84.7 Å². The number of fused-ring (bicyclic) bond motifs is 7. The standard InChI is InChI=1S/C21H15N4/c1-2-8-16(9-3-1)25-19-14-24-18(11-6-12-22-24)20(19)23-13-15-7-4-5-10-17(15)21(23)25/h1-12,14H,13H2/q+1. The van der Waals surface area contributed by atoms with Crippen LogP contribution in [-0.4, -0.2) is 14.2 Å². The Labute approximate surface area is 144 Å². The lowest BCUT2D eigenvalue weighted by atomic mass is 10.1. The van der Waals surface area contributed by atoms with Crippen molar-refractivity contribution in [1.82, 2.24) is 14.2 Å². The predicted molar refractivity (Wildman–Crippen MR) is 96.8 cm³/mol. The SMILES string of the molecule is c1ccc(-n2c3[n+](c4c2cn2ncccc42)Cc2ccccc2-3)cc1. The molecule has 0 spiro atoms. The van der Waals surface area contributed by atoms with Gasteiger partial charge in [-0.3, -0.25) is 0 Å². The summed E-state index contributed by atoms with van der Waals surface area (Å²) in [5, 5.41) is 4.49. The predicted octanol–water partition coefficient (Wildman–Crippen LogP) is 3.59. The van der Waals surface area contributed by atoms with E-state index in [0.29, 0.717) is 0 Å². The summed E-state index contributed by atoms with van der Waals surface area (Å²) in [7, 11) is 0. The van der Waals surface area contributed by atoms with Gasteiger partial charge in [-0.2, -0.15) is 9.67 Å². The Kier molecular flexibility index (Phi) is 2.37. The Balaban J connectivity index is 1.83. The number of aromatic nitrogens is 4. The second-order valence-electron chi connectivity index (χ2n) is 6.45. The first kappa shape index (κ1) is 13.0. The van der Waals surface area contributed by atoms with Gasteiger partial charge in [0.15, 0.2) is 0 Å². The number of hydrogen-bond donors (Lipinski definition) is 0. The van der Waals surface area contributed by atoms with Crippen LogP contribution in [0.15, 0.2) is 79.1 Å². The molecule has 1 aliphatic heterocycles. The zero-order valence-electron chi connectivity index (χ0n) is 13.5. The molecule has 0 fully saturated rings. The highest BCUT2D eigenvalue weighted by molar-refractivity contribution is 5.92. The highest BCUT2D eigenvalue weighted by atomic mass is 15.3. The van der Waals surface area contributed by atoms with E-state index in [1.54, 1.807) is 0 Å². The van der Waals surface area contributed by atoms with Crippen LogP contribution in [0, 0.1) is 0 Å². The van der Waals surface area contributed by atoms with Crippen molar-refractivity contribution in [1.29, 1.82) is 0 Å². The molecular formula is C21H15N4+. The van der Waals surface area contributed by atoms with Crippen molar-refractivity contribution < 1.29 is 4.57 Å². The number of hydrogen-bond acceptors (Lipinski definition) is 1. The third kappa shape index (κ3) is 1.61. The van der Waals surface area contributed by atoms with Crippen LogP contribution in [0.4, 0.5) is 0 Å². The Hall–Kier alpha value is -3.40. The zero-order valence-corrected chi connectivity index (χ0v) is 13.5. The van der Waals surface area contributed by atoms with Gasteiger partial charge in [0.1, 0.15) is 17.7 Å². The van der Waals surface area contributed by atoms with E-state index in [-0.39, 0.29) is 0 Å². The summed E-state index contributed by atoms with van der Waals surface area (Å²) < 4.78 is 6.75. The van der Waals surface area contributed by atoms with Gasteiger partial charge in [0.25, 0.3) is 5.82 Å². The molecule has 0 amide bonds. The Morgan fingerprint density at radius 2 is 1.68 bits per heavy atom. The molecule has 118 valence electrons. The topological polar surface area (TPSA) is 26.1 Å². The molecular weight excluding hydrogens is 308 g/mol. The molecule has 5 aromatic rings. The minimum Gasteiger partial charge on any atom is -0.232 e. The molecule has 4 heteroatoms. The fourth-order valence-corrected chi connectivity index (χ4v) is 4.07. The molecule has 3 aromatic heterocycles. The number of rotatable bonds is 1. The van der Waals surface area contributed by atoms with Crippen molar-refractivity contribution in [3.63, 3.8) is 0 Å². The third-order valence-electron chi connectivity index (χ3n) is 5.09. The van der Waals surface area contributed by atoms with Crippen molar-refractivity contribution >= 4 is 16.6 Å². The van der Waals surface area contributed by atoms with Crippen LogP contribution in [0.1, 0.15) is 5.56 Å². The Bertz CT molecular complexity index is 1260. The lowest BCUT2D eigenvalue weighted by molar-refractivity contribution is -0.645. The number of nitrogens with zero attached hydrogens (tertiary/aromatic N) is 4.